The third-order valence-electron chi connectivity index (χ3n) is 4.31. The van der Waals surface area contributed by atoms with Gasteiger partial charge in [-0.05, 0) is 51.8 Å². The molecule has 1 aromatic carbocycles. The molecule has 2 amide bonds. The lowest BCUT2D eigenvalue weighted by atomic mass is 10.1. The van der Waals surface area contributed by atoms with Crippen molar-refractivity contribution in [2.75, 3.05) is 13.1 Å². The van der Waals surface area contributed by atoms with Gasteiger partial charge in [-0.2, -0.15) is 0 Å². The van der Waals surface area contributed by atoms with E-state index in [1.165, 1.54) is 0 Å². The molecule has 9 heteroatoms. The summed E-state index contributed by atoms with van der Waals surface area (Å²) < 4.78 is 5.27. The Balaban J connectivity index is 1.63. The molecule has 2 aromatic rings. The van der Waals surface area contributed by atoms with Crippen molar-refractivity contribution in [2.24, 2.45) is 0 Å². The van der Waals surface area contributed by atoms with Crippen LogP contribution in [0.2, 0.25) is 10.2 Å². The van der Waals surface area contributed by atoms with Gasteiger partial charge in [0.1, 0.15) is 10.8 Å². The molecule has 150 valence electrons. The number of rotatable bonds is 2. The first kappa shape index (κ1) is 20.6. The number of hydrogen-bond acceptors (Lipinski definition) is 5. The van der Waals surface area contributed by atoms with E-state index in [0.717, 1.165) is 0 Å². The van der Waals surface area contributed by atoms with Crippen LogP contribution in [-0.2, 0) is 4.74 Å². The third-order valence-corrected chi connectivity index (χ3v) is 4.83. The largest absolute Gasteiger partial charge is 0.444 e. The zero-order valence-electron chi connectivity index (χ0n) is 16.0. The number of fused-ring (bicyclic) bond motifs is 1. The maximum atomic E-state index is 12.8. The molecule has 1 saturated heterocycles. The molecule has 0 unspecified atom stereocenters. The van der Waals surface area contributed by atoms with Crippen molar-refractivity contribution in [2.45, 2.75) is 45.3 Å². The van der Waals surface area contributed by atoms with E-state index in [4.69, 9.17) is 27.9 Å². The molecule has 2 heterocycles. The summed E-state index contributed by atoms with van der Waals surface area (Å²) in [6, 6.07) is 5.03. The van der Waals surface area contributed by atoms with Crippen LogP contribution in [0.3, 0.4) is 0 Å². The minimum atomic E-state index is -0.544. The fraction of sp³-hybridized carbons (Fsp3) is 0.474. The molecule has 0 spiro atoms. The van der Waals surface area contributed by atoms with E-state index in [1.807, 2.05) is 20.8 Å². The molecule has 1 fully saturated rings. The molecule has 7 nitrogen and oxygen atoms in total. The average molecular weight is 425 g/mol. The minimum Gasteiger partial charge on any atom is -0.444 e. The molecular weight excluding hydrogens is 403 g/mol. The number of alkyl carbamates (subject to hydrolysis) is 1. The smallest absolute Gasteiger partial charge is 0.407 e. The number of aromatic nitrogens is 2. The molecule has 1 N–H and O–H groups in total. The Morgan fingerprint density at radius 3 is 2.50 bits per heavy atom. The highest BCUT2D eigenvalue weighted by Crippen LogP contribution is 2.24. The summed E-state index contributed by atoms with van der Waals surface area (Å²) in [5.74, 6) is -0.229. The summed E-state index contributed by atoms with van der Waals surface area (Å²) >= 11 is 12.2. The first-order valence-electron chi connectivity index (χ1n) is 9.04. The monoisotopic (exact) mass is 424 g/mol. The summed E-state index contributed by atoms with van der Waals surface area (Å²) in [4.78, 5) is 34.8. The maximum absolute atomic E-state index is 12.8. The average Bonchev–Trinajstić information content (AvgIpc) is 2.60. The van der Waals surface area contributed by atoms with E-state index in [0.29, 0.717) is 41.9 Å². The molecule has 0 saturated carbocycles. The Morgan fingerprint density at radius 1 is 1.18 bits per heavy atom. The second kappa shape index (κ2) is 8.09. The van der Waals surface area contributed by atoms with Gasteiger partial charge in [0.25, 0.3) is 5.91 Å². The molecule has 0 aliphatic carbocycles. The van der Waals surface area contributed by atoms with Crippen molar-refractivity contribution in [1.82, 2.24) is 20.2 Å². The van der Waals surface area contributed by atoms with Gasteiger partial charge < -0.3 is 15.0 Å². The highest BCUT2D eigenvalue weighted by Gasteiger charge is 2.28. The number of hydrogen-bond donors (Lipinski definition) is 1. The van der Waals surface area contributed by atoms with Crippen LogP contribution in [0.15, 0.2) is 18.2 Å². The summed E-state index contributed by atoms with van der Waals surface area (Å²) in [6.07, 6.45) is 0.810. The van der Waals surface area contributed by atoms with E-state index >= 15 is 0 Å². The van der Waals surface area contributed by atoms with Crippen molar-refractivity contribution in [3.63, 3.8) is 0 Å². The molecule has 3 rings (SSSR count). The van der Waals surface area contributed by atoms with Gasteiger partial charge in [0.15, 0.2) is 0 Å². The van der Waals surface area contributed by atoms with Crippen LogP contribution in [-0.4, -0.2) is 51.6 Å². The van der Waals surface area contributed by atoms with Gasteiger partial charge in [-0.25, -0.2) is 14.8 Å². The predicted molar refractivity (Wildman–Crippen MR) is 108 cm³/mol. The van der Waals surface area contributed by atoms with E-state index < -0.39 is 11.7 Å². The van der Waals surface area contributed by atoms with E-state index in [-0.39, 0.29) is 22.9 Å². The molecule has 1 aliphatic heterocycles. The summed E-state index contributed by atoms with van der Waals surface area (Å²) in [6.45, 7) is 6.42. The minimum absolute atomic E-state index is 0.0397. The first-order valence-corrected chi connectivity index (χ1v) is 9.79. The summed E-state index contributed by atoms with van der Waals surface area (Å²) in [5, 5.41) is 4.17. The van der Waals surface area contributed by atoms with Gasteiger partial charge in [0.05, 0.1) is 5.52 Å². The van der Waals surface area contributed by atoms with Crippen molar-refractivity contribution >= 4 is 46.1 Å². The molecule has 1 aromatic heterocycles. The zero-order valence-corrected chi connectivity index (χ0v) is 17.5. The number of nitrogens with one attached hydrogen (secondary N) is 1. The van der Waals surface area contributed by atoms with Crippen molar-refractivity contribution in [1.29, 1.82) is 0 Å². The number of amides is 2. The van der Waals surface area contributed by atoms with Crippen LogP contribution in [0.5, 0.6) is 0 Å². The standard InChI is InChI=1S/C19H22Cl2N4O3/c1-19(2,3)28-18(27)22-12-6-8-25(9-7-12)17(26)16-23-14-5-4-11(20)10-13(14)15(21)24-16/h4-5,10,12H,6-9H2,1-3H3,(H,22,27). The number of carbonyl (C=O) groups is 2. The number of benzene rings is 1. The highest BCUT2D eigenvalue weighted by molar-refractivity contribution is 6.35. The van der Waals surface area contributed by atoms with Gasteiger partial charge in [-0.15, -0.1) is 0 Å². The van der Waals surface area contributed by atoms with Crippen LogP contribution in [0, 0.1) is 0 Å². The van der Waals surface area contributed by atoms with Gasteiger partial charge in [0, 0.05) is 29.5 Å². The fourth-order valence-corrected chi connectivity index (χ4v) is 3.41. The Hall–Kier alpha value is -2.12. The lowest BCUT2D eigenvalue weighted by molar-refractivity contribution is 0.0472. The molecule has 0 bridgehead atoms. The number of nitrogens with zero attached hydrogens (tertiary/aromatic N) is 3. The summed E-state index contributed by atoms with van der Waals surface area (Å²) in [7, 11) is 0. The van der Waals surface area contributed by atoms with Crippen molar-refractivity contribution in [3.8, 4) is 0 Å². The Morgan fingerprint density at radius 2 is 1.86 bits per heavy atom. The Labute approximate surface area is 173 Å². The van der Waals surface area contributed by atoms with E-state index in [1.54, 1.807) is 23.1 Å². The van der Waals surface area contributed by atoms with Crippen LogP contribution < -0.4 is 5.32 Å². The Kier molecular flexibility index (Phi) is 5.95. The molecule has 0 atom stereocenters. The lowest BCUT2D eigenvalue weighted by Crippen LogP contribution is -2.47. The normalized spacial score (nSPS) is 15.5. The van der Waals surface area contributed by atoms with Gasteiger partial charge in [-0.1, -0.05) is 23.2 Å². The third kappa shape index (κ3) is 5.02. The van der Waals surface area contributed by atoms with Crippen LogP contribution in [0.1, 0.15) is 44.2 Å². The molecule has 28 heavy (non-hydrogen) atoms. The predicted octanol–water partition coefficient (Wildman–Crippen LogP) is 4.07. The van der Waals surface area contributed by atoms with Crippen molar-refractivity contribution < 1.29 is 14.3 Å². The zero-order chi connectivity index (χ0) is 20.5. The van der Waals surface area contributed by atoms with Crippen LogP contribution in [0.25, 0.3) is 10.9 Å². The first-order chi connectivity index (χ1) is 13.1. The van der Waals surface area contributed by atoms with Gasteiger partial charge >= 0.3 is 6.09 Å². The molecule has 0 radical (unpaired) electrons. The molecule has 1 aliphatic rings. The van der Waals surface area contributed by atoms with E-state index in [2.05, 4.69) is 15.3 Å². The number of carbonyl (C=O) groups excluding carboxylic acids is 2. The second-order valence-corrected chi connectivity index (χ2v) is 8.51. The van der Waals surface area contributed by atoms with Gasteiger partial charge in [0.2, 0.25) is 5.82 Å². The maximum Gasteiger partial charge on any atom is 0.407 e. The second-order valence-electron chi connectivity index (χ2n) is 7.71. The van der Waals surface area contributed by atoms with Crippen LogP contribution >= 0.6 is 23.2 Å². The summed E-state index contributed by atoms with van der Waals surface area (Å²) in [5.41, 5.74) is 0.0201. The van der Waals surface area contributed by atoms with Gasteiger partial charge in [-0.3, -0.25) is 4.79 Å². The SMILES string of the molecule is CC(C)(C)OC(=O)NC1CCN(C(=O)c2nc(Cl)c3cc(Cl)ccc3n2)CC1. The lowest BCUT2D eigenvalue weighted by Gasteiger charge is -2.32. The number of piperidine rings is 1. The Bertz CT molecular complexity index is 906. The quantitative estimate of drug-likeness (QED) is 0.734. The highest BCUT2D eigenvalue weighted by atomic mass is 35.5. The van der Waals surface area contributed by atoms with Crippen molar-refractivity contribution in [3.05, 3.63) is 34.2 Å². The number of likely N-dealkylation sites (tertiary alicyclic amines) is 1. The molecular formula is C19H22Cl2N4O3. The van der Waals surface area contributed by atoms with E-state index in [9.17, 15) is 9.59 Å². The topological polar surface area (TPSA) is 84.4 Å². The van der Waals surface area contributed by atoms with Crippen LogP contribution in [0.4, 0.5) is 4.79 Å². The number of halogens is 2. The number of ether oxygens (including phenoxy) is 1. The fourth-order valence-electron chi connectivity index (χ4n) is 3.00.